The lowest BCUT2D eigenvalue weighted by Gasteiger charge is -2.03. The molecule has 0 atom stereocenters. The lowest BCUT2D eigenvalue weighted by molar-refractivity contribution is 0.0955. The Morgan fingerprint density at radius 2 is 2.17 bits per heavy atom. The first-order valence-electron chi connectivity index (χ1n) is 5.38. The summed E-state index contributed by atoms with van der Waals surface area (Å²) in [6, 6.07) is 9.18. The third-order valence-corrected chi connectivity index (χ3v) is 3.29. The van der Waals surface area contributed by atoms with Crippen LogP contribution in [0.3, 0.4) is 0 Å². The molecular weight excluding hydrogens is 246 g/mol. The highest BCUT2D eigenvalue weighted by Gasteiger charge is 2.08. The van der Waals surface area contributed by atoms with Crippen molar-refractivity contribution in [1.29, 1.82) is 5.26 Å². The second kappa shape index (κ2) is 5.43. The number of carbonyl (C=O) groups excluding carboxylic acids is 1. The van der Waals surface area contributed by atoms with E-state index in [-0.39, 0.29) is 5.91 Å². The first-order valence-corrected chi connectivity index (χ1v) is 6.20. The molecule has 0 radical (unpaired) electrons. The zero-order chi connectivity index (χ0) is 13.0. The monoisotopic (exact) mass is 257 g/mol. The molecule has 0 saturated heterocycles. The van der Waals surface area contributed by atoms with Gasteiger partial charge in [0.25, 0.3) is 5.91 Å². The molecule has 18 heavy (non-hydrogen) atoms. The fraction of sp³-hybridized carbons (Fsp3) is 0.154. The third kappa shape index (κ3) is 2.93. The fourth-order valence-electron chi connectivity index (χ4n) is 1.43. The van der Waals surface area contributed by atoms with Crippen molar-refractivity contribution in [3.63, 3.8) is 0 Å². The molecule has 1 aromatic carbocycles. The van der Waals surface area contributed by atoms with Crippen LogP contribution in [0, 0.1) is 18.3 Å². The molecule has 5 heteroatoms. The zero-order valence-electron chi connectivity index (χ0n) is 9.80. The number of benzene rings is 1. The Hall–Kier alpha value is -2.19. The van der Waals surface area contributed by atoms with Crippen molar-refractivity contribution in [2.45, 2.75) is 13.5 Å². The Morgan fingerprint density at radius 3 is 2.72 bits per heavy atom. The summed E-state index contributed by atoms with van der Waals surface area (Å²) in [5, 5.41) is 12.4. The number of nitriles is 1. The number of nitrogens with zero attached hydrogens (tertiary/aromatic N) is 2. The molecule has 0 saturated carbocycles. The Balaban J connectivity index is 1.95. The second-order valence-corrected chi connectivity index (χ2v) is 4.97. The topological polar surface area (TPSA) is 65.8 Å². The van der Waals surface area contributed by atoms with Gasteiger partial charge in [-0.3, -0.25) is 4.79 Å². The van der Waals surface area contributed by atoms with Gasteiger partial charge in [0.15, 0.2) is 0 Å². The molecule has 0 unspecified atom stereocenters. The second-order valence-electron chi connectivity index (χ2n) is 3.73. The molecule has 0 aliphatic rings. The van der Waals surface area contributed by atoms with Crippen LogP contribution in [0.15, 0.2) is 30.5 Å². The molecule has 0 spiro atoms. The normalized spacial score (nSPS) is 9.78. The molecule has 0 aliphatic carbocycles. The highest BCUT2D eigenvalue weighted by molar-refractivity contribution is 7.13. The minimum absolute atomic E-state index is 0.120. The van der Waals surface area contributed by atoms with Crippen LogP contribution in [0.5, 0.6) is 0 Å². The van der Waals surface area contributed by atoms with Gasteiger partial charge in [-0.25, -0.2) is 4.98 Å². The van der Waals surface area contributed by atoms with Gasteiger partial charge in [-0.05, 0) is 24.6 Å². The van der Waals surface area contributed by atoms with Crippen molar-refractivity contribution in [3.05, 3.63) is 51.5 Å². The molecule has 2 aromatic rings. The number of nitrogens with one attached hydrogen (secondary N) is 1. The molecule has 0 fully saturated rings. The van der Waals surface area contributed by atoms with E-state index in [0.717, 1.165) is 10.6 Å². The minimum atomic E-state index is -0.120. The lowest BCUT2D eigenvalue weighted by atomic mass is 10.1. The molecular formula is C13H11N3OS. The zero-order valence-corrected chi connectivity index (χ0v) is 10.6. The van der Waals surface area contributed by atoms with Crippen molar-refractivity contribution >= 4 is 17.2 Å². The van der Waals surface area contributed by atoms with Crippen LogP contribution >= 0.6 is 11.3 Å². The highest BCUT2D eigenvalue weighted by atomic mass is 32.1. The lowest BCUT2D eigenvalue weighted by Crippen LogP contribution is -2.21. The summed E-state index contributed by atoms with van der Waals surface area (Å²) < 4.78 is 0. The summed E-state index contributed by atoms with van der Waals surface area (Å²) in [7, 11) is 0. The fourth-order valence-corrected chi connectivity index (χ4v) is 2.13. The summed E-state index contributed by atoms with van der Waals surface area (Å²) in [5.74, 6) is -0.120. The number of thiazole rings is 1. The van der Waals surface area contributed by atoms with E-state index in [9.17, 15) is 4.79 Å². The van der Waals surface area contributed by atoms with E-state index in [4.69, 9.17) is 5.26 Å². The molecule has 1 amide bonds. The largest absolute Gasteiger partial charge is 0.347 e. The predicted octanol–water partition coefficient (Wildman–Crippen LogP) is 2.25. The van der Waals surface area contributed by atoms with Crippen LogP contribution in [0.25, 0.3) is 0 Å². The van der Waals surface area contributed by atoms with Gasteiger partial charge in [-0.2, -0.15) is 5.26 Å². The summed E-state index contributed by atoms with van der Waals surface area (Å²) >= 11 is 1.37. The Labute approximate surface area is 109 Å². The predicted molar refractivity (Wildman–Crippen MR) is 69.2 cm³/mol. The number of aryl methyl sites for hydroxylation is 1. The van der Waals surface area contributed by atoms with Gasteiger partial charge in [-0.15, -0.1) is 11.3 Å². The van der Waals surface area contributed by atoms with E-state index < -0.39 is 0 Å². The van der Waals surface area contributed by atoms with Gasteiger partial charge in [0.2, 0.25) is 0 Å². The summed E-state index contributed by atoms with van der Waals surface area (Å²) in [6.07, 6.45) is 1.58. The van der Waals surface area contributed by atoms with Gasteiger partial charge in [0.05, 0.1) is 22.8 Å². The average molecular weight is 257 g/mol. The standard InChI is InChI=1S/C13H11N3OS/c1-9-15-8-12(18-9)13(17)16-7-11-4-2-10(6-14)3-5-11/h2-5,8H,7H2,1H3,(H,16,17). The van der Waals surface area contributed by atoms with Crippen LogP contribution in [-0.2, 0) is 6.54 Å². The van der Waals surface area contributed by atoms with Gasteiger partial charge < -0.3 is 5.32 Å². The van der Waals surface area contributed by atoms with Crippen LogP contribution in [0.1, 0.15) is 25.8 Å². The average Bonchev–Trinajstić information content (AvgIpc) is 2.83. The van der Waals surface area contributed by atoms with Crippen molar-refractivity contribution in [3.8, 4) is 6.07 Å². The molecule has 1 N–H and O–H groups in total. The van der Waals surface area contributed by atoms with Crippen LogP contribution < -0.4 is 5.32 Å². The highest BCUT2D eigenvalue weighted by Crippen LogP contribution is 2.11. The summed E-state index contributed by atoms with van der Waals surface area (Å²) in [4.78, 5) is 16.4. The van der Waals surface area contributed by atoms with E-state index in [2.05, 4.69) is 16.4 Å². The van der Waals surface area contributed by atoms with Gasteiger partial charge in [0, 0.05) is 6.54 Å². The number of rotatable bonds is 3. The smallest absolute Gasteiger partial charge is 0.263 e. The van der Waals surface area contributed by atoms with Crippen molar-refractivity contribution < 1.29 is 4.79 Å². The molecule has 0 bridgehead atoms. The van der Waals surface area contributed by atoms with E-state index >= 15 is 0 Å². The van der Waals surface area contributed by atoms with Crippen molar-refractivity contribution in [2.75, 3.05) is 0 Å². The van der Waals surface area contributed by atoms with Gasteiger partial charge in [0.1, 0.15) is 4.88 Å². The number of amides is 1. The molecule has 1 aromatic heterocycles. The maximum atomic E-state index is 11.8. The quantitative estimate of drug-likeness (QED) is 0.917. The minimum Gasteiger partial charge on any atom is -0.347 e. The molecule has 0 aliphatic heterocycles. The summed E-state index contributed by atoms with van der Waals surface area (Å²) in [5.41, 5.74) is 1.58. The maximum Gasteiger partial charge on any atom is 0.263 e. The number of carbonyl (C=O) groups is 1. The maximum absolute atomic E-state index is 11.8. The Bertz CT molecular complexity index is 595. The molecule has 2 rings (SSSR count). The SMILES string of the molecule is Cc1ncc(C(=O)NCc2ccc(C#N)cc2)s1. The van der Waals surface area contributed by atoms with Crippen LogP contribution in [-0.4, -0.2) is 10.9 Å². The molecule has 4 nitrogen and oxygen atoms in total. The first-order chi connectivity index (χ1) is 8.69. The van der Waals surface area contributed by atoms with E-state index in [1.807, 2.05) is 19.1 Å². The van der Waals surface area contributed by atoms with E-state index in [1.54, 1.807) is 18.3 Å². The van der Waals surface area contributed by atoms with E-state index in [0.29, 0.717) is 17.0 Å². The first kappa shape index (κ1) is 12.3. The summed E-state index contributed by atoms with van der Waals surface area (Å²) in [6.45, 7) is 2.31. The molecule has 1 heterocycles. The Kier molecular flexibility index (Phi) is 3.70. The Morgan fingerprint density at radius 1 is 1.44 bits per heavy atom. The number of hydrogen-bond donors (Lipinski definition) is 1. The van der Waals surface area contributed by atoms with Crippen LogP contribution in [0.4, 0.5) is 0 Å². The van der Waals surface area contributed by atoms with Crippen molar-refractivity contribution in [2.24, 2.45) is 0 Å². The van der Waals surface area contributed by atoms with Gasteiger partial charge in [-0.1, -0.05) is 12.1 Å². The molecule has 90 valence electrons. The van der Waals surface area contributed by atoms with E-state index in [1.165, 1.54) is 11.3 Å². The number of hydrogen-bond acceptors (Lipinski definition) is 4. The number of aromatic nitrogens is 1. The van der Waals surface area contributed by atoms with Crippen LogP contribution in [0.2, 0.25) is 0 Å². The third-order valence-electron chi connectivity index (χ3n) is 2.38. The van der Waals surface area contributed by atoms with Crippen molar-refractivity contribution in [1.82, 2.24) is 10.3 Å². The van der Waals surface area contributed by atoms with Gasteiger partial charge >= 0.3 is 0 Å².